The summed E-state index contributed by atoms with van der Waals surface area (Å²) in [6, 6.07) is 6.54. The maximum atomic E-state index is 13.0. The zero-order valence-corrected chi connectivity index (χ0v) is 19.4. The van der Waals surface area contributed by atoms with E-state index >= 15 is 0 Å². The number of amidine groups is 2. The first-order valence-corrected chi connectivity index (χ1v) is 11.4. The molecule has 4 heterocycles. The van der Waals surface area contributed by atoms with Crippen molar-refractivity contribution in [2.45, 2.75) is 17.7 Å². The Bertz CT molecular complexity index is 1230. The SMILES string of the molecule is CN1C(=O)C2C(=NC(Sc3nc4ccccc4n3CC(=O)N3CCOCC3)=[N+]2C)N(C)C1=O. The van der Waals surface area contributed by atoms with Gasteiger partial charge in [0, 0.05) is 38.9 Å². The molecule has 2 fully saturated rings. The highest BCUT2D eigenvalue weighted by molar-refractivity contribution is 8.13. The lowest BCUT2D eigenvalue weighted by molar-refractivity contribution is -0.502. The second-order valence-electron chi connectivity index (χ2n) is 8.07. The molecule has 1 aromatic carbocycles. The number of amides is 4. The molecule has 0 bridgehead atoms. The third-order valence-electron chi connectivity index (χ3n) is 6.09. The Morgan fingerprint density at radius 3 is 2.67 bits per heavy atom. The number of imide groups is 1. The number of rotatable bonds is 3. The van der Waals surface area contributed by atoms with Gasteiger partial charge >= 0.3 is 11.2 Å². The number of aliphatic imine (C=N–C) groups is 1. The highest BCUT2D eigenvalue weighted by Crippen LogP contribution is 2.29. The molecule has 4 amide bonds. The Balaban J connectivity index is 1.49. The van der Waals surface area contributed by atoms with Crippen LogP contribution < -0.4 is 0 Å². The molecule has 3 aliphatic heterocycles. The van der Waals surface area contributed by atoms with Gasteiger partial charge in [0.25, 0.3) is 17.8 Å². The van der Waals surface area contributed by atoms with Gasteiger partial charge in [-0.15, -0.1) is 0 Å². The molecule has 0 aliphatic carbocycles. The van der Waals surface area contributed by atoms with Crippen LogP contribution in [0.5, 0.6) is 0 Å². The molecular weight excluding hydrogens is 446 g/mol. The number of benzene rings is 1. The lowest BCUT2D eigenvalue weighted by Crippen LogP contribution is -2.61. The van der Waals surface area contributed by atoms with Gasteiger partial charge in [-0.3, -0.25) is 19.4 Å². The average molecular weight is 471 g/mol. The summed E-state index contributed by atoms with van der Waals surface area (Å²) in [6.07, 6.45) is 0. The number of morpholine rings is 1. The summed E-state index contributed by atoms with van der Waals surface area (Å²) in [5.74, 6) is 0.0568. The van der Waals surface area contributed by atoms with Crippen LogP contribution in [-0.2, 0) is 20.9 Å². The van der Waals surface area contributed by atoms with Crippen molar-refractivity contribution in [2.24, 2.45) is 4.99 Å². The summed E-state index contributed by atoms with van der Waals surface area (Å²) in [7, 11) is 4.84. The summed E-state index contributed by atoms with van der Waals surface area (Å²) < 4.78 is 8.98. The number of thioether (sulfide) groups is 1. The number of fused-ring (bicyclic) bond motifs is 2. The van der Waals surface area contributed by atoms with Crippen molar-refractivity contribution in [3.05, 3.63) is 24.3 Å². The highest BCUT2D eigenvalue weighted by Gasteiger charge is 2.52. The van der Waals surface area contributed by atoms with Crippen molar-refractivity contribution in [2.75, 3.05) is 47.4 Å². The Morgan fingerprint density at radius 2 is 1.91 bits per heavy atom. The zero-order valence-electron chi connectivity index (χ0n) is 18.6. The number of aromatic nitrogens is 2. The summed E-state index contributed by atoms with van der Waals surface area (Å²) in [6.45, 7) is 2.35. The van der Waals surface area contributed by atoms with E-state index in [-0.39, 0.29) is 18.4 Å². The molecule has 2 aromatic rings. The molecule has 5 rings (SSSR count). The number of ether oxygens (including phenoxy) is 1. The number of carbonyl (C=O) groups is 3. The Labute approximate surface area is 194 Å². The van der Waals surface area contributed by atoms with Gasteiger partial charge in [0.2, 0.25) is 5.91 Å². The van der Waals surface area contributed by atoms with Gasteiger partial charge in [0.05, 0.1) is 31.3 Å². The molecular formula is C21H24N7O4S+. The monoisotopic (exact) mass is 470 g/mol. The van der Waals surface area contributed by atoms with Crippen molar-refractivity contribution in [1.29, 1.82) is 0 Å². The molecule has 1 unspecified atom stereocenters. The van der Waals surface area contributed by atoms with E-state index in [2.05, 4.69) is 4.99 Å². The van der Waals surface area contributed by atoms with E-state index in [9.17, 15) is 14.4 Å². The fourth-order valence-corrected chi connectivity index (χ4v) is 5.13. The van der Waals surface area contributed by atoms with Crippen LogP contribution in [-0.4, -0.2) is 111 Å². The van der Waals surface area contributed by atoms with E-state index in [0.29, 0.717) is 42.5 Å². The van der Waals surface area contributed by atoms with Crippen molar-refractivity contribution in [3.63, 3.8) is 0 Å². The number of hydrogen-bond donors (Lipinski definition) is 0. The topological polar surface area (TPSA) is 103 Å². The second kappa shape index (κ2) is 8.27. The number of hydrogen-bond acceptors (Lipinski definition) is 7. The van der Waals surface area contributed by atoms with E-state index in [1.165, 1.54) is 23.7 Å². The van der Waals surface area contributed by atoms with E-state index in [1.807, 2.05) is 28.8 Å². The number of carbonyl (C=O) groups excluding carboxylic acids is 3. The van der Waals surface area contributed by atoms with Crippen LogP contribution in [0.4, 0.5) is 4.79 Å². The molecule has 0 N–H and O–H groups in total. The Kier molecular flexibility index (Phi) is 5.41. The minimum atomic E-state index is -0.673. The van der Waals surface area contributed by atoms with E-state index in [4.69, 9.17) is 9.72 Å². The molecule has 33 heavy (non-hydrogen) atoms. The molecule has 3 aliphatic rings. The van der Waals surface area contributed by atoms with E-state index < -0.39 is 12.1 Å². The molecule has 2 saturated heterocycles. The third-order valence-corrected chi connectivity index (χ3v) is 7.14. The van der Waals surface area contributed by atoms with Gasteiger partial charge in [-0.25, -0.2) is 14.4 Å². The molecule has 0 radical (unpaired) electrons. The van der Waals surface area contributed by atoms with Crippen LogP contribution in [0.2, 0.25) is 0 Å². The lowest BCUT2D eigenvalue weighted by atomic mass is 10.2. The molecule has 1 aromatic heterocycles. The Hall–Kier alpha value is -3.25. The van der Waals surface area contributed by atoms with E-state index in [1.54, 1.807) is 23.6 Å². The van der Waals surface area contributed by atoms with Crippen LogP contribution in [0, 0.1) is 0 Å². The summed E-state index contributed by atoms with van der Waals surface area (Å²) in [5.41, 5.74) is 1.61. The maximum absolute atomic E-state index is 13.0. The highest BCUT2D eigenvalue weighted by atomic mass is 32.2. The van der Waals surface area contributed by atoms with Crippen molar-refractivity contribution in [3.8, 4) is 0 Å². The molecule has 0 saturated carbocycles. The van der Waals surface area contributed by atoms with Crippen LogP contribution in [0.3, 0.4) is 0 Å². The molecule has 1 atom stereocenters. The van der Waals surface area contributed by atoms with Gasteiger partial charge in [-0.2, -0.15) is 0 Å². The van der Waals surface area contributed by atoms with Gasteiger partial charge in [0.15, 0.2) is 5.16 Å². The van der Waals surface area contributed by atoms with Crippen LogP contribution in [0.15, 0.2) is 34.4 Å². The molecule has 12 heteroatoms. The average Bonchev–Trinajstić information content (AvgIpc) is 3.34. The second-order valence-corrected chi connectivity index (χ2v) is 9.00. The predicted octanol–water partition coefficient (Wildman–Crippen LogP) is 0.290. The number of urea groups is 1. The van der Waals surface area contributed by atoms with Crippen molar-refractivity contribution < 1.29 is 23.7 Å². The number of para-hydroxylation sites is 2. The predicted molar refractivity (Wildman–Crippen MR) is 121 cm³/mol. The van der Waals surface area contributed by atoms with E-state index in [0.717, 1.165) is 15.9 Å². The Morgan fingerprint density at radius 1 is 1.18 bits per heavy atom. The van der Waals surface area contributed by atoms with Crippen molar-refractivity contribution in [1.82, 2.24) is 24.3 Å². The smallest absolute Gasteiger partial charge is 0.365 e. The first kappa shape index (κ1) is 21.6. The number of imidazole rings is 1. The fourth-order valence-electron chi connectivity index (χ4n) is 4.17. The summed E-state index contributed by atoms with van der Waals surface area (Å²) in [5, 5.41) is 1.13. The fraction of sp³-hybridized carbons (Fsp3) is 0.429. The van der Waals surface area contributed by atoms with Gasteiger partial charge in [-0.05, 0) is 17.1 Å². The van der Waals surface area contributed by atoms with Gasteiger partial charge in [0.1, 0.15) is 6.54 Å². The third kappa shape index (κ3) is 3.59. The maximum Gasteiger partial charge on any atom is 0.365 e. The largest absolute Gasteiger partial charge is 0.378 e. The van der Waals surface area contributed by atoms with Gasteiger partial charge in [-0.1, -0.05) is 12.1 Å². The number of likely N-dealkylation sites (N-methyl/N-ethyl adjacent to an activating group) is 3. The first-order valence-electron chi connectivity index (χ1n) is 10.6. The van der Waals surface area contributed by atoms with Crippen LogP contribution >= 0.6 is 11.8 Å². The number of nitrogens with zero attached hydrogens (tertiary/aromatic N) is 7. The van der Waals surface area contributed by atoms with Gasteiger partial charge < -0.3 is 14.2 Å². The lowest BCUT2D eigenvalue weighted by Gasteiger charge is -2.29. The van der Waals surface area contributed by atoms with Crippen LogP contribution in [0.25, 0.3) is 11.0 Å². The zero-order chi connectivity index (χ0) is 23.3. The standard InChI is InChI=1S/C21H24N7O4S/c1-24-16-17(25(2)21(31)26(3)18(16)30)23-19(24)33-20-22-13-6-4-5-7-14(13)28(20)12-15(29)27-8-10-32-11-9-27/h4-7,16H,8-12H2,1-3H3/q+1. The minimum Gasteiger partial charge on any atom is -0.378 e. The van der Waals surface area contributed by atoms with Crippen molar-refractivity contribution >= 4 is 51.6 Å². The molecule has 0 spiro atoms. The minimum absolute atomic E-state index is 0.00445. The summed E-state index contributed by atoms with van der Waals surface area (Å²) >= 11 is 1.28. The summed E-state index contributed by atoms with van der Waals surface area (Å²) in [4.78, 5) is 51.7. The quantitative estimate of drug-likeness (QED) is 0.598. The normalized spacial score (nSPS) is 21.2. The van der Waals surface area contributed by atoms with Crippen LogP contribution in [0.1, 0.15) is 0 Å². The molecule has 172 valence electrons. The molecule has 11 nitrogen and oxygen atoms in total. The first-order chi connectivity index (χ1) is 15.9.